The summed E-state index contributed by atoms with van der Waals surface area (Å²) in [5.74, 6) is -1.44. The number of carbonyl (C=O) groups is 2. The number of hydrogen-bond acceptors (Lipinski definition) is 10. The van der Waals surface area contributed by atoms with Crippen molar-refractivity contribution in [3.8, 4) is 6.01 Å². The molecule has 190 valence electrons. The van der Waals surface area contributed by atoms with E-state index in [1.165, 1.54) is 19.5 Å². The summed E-state index contributed by atoms with van der Waals surface area (Å²) in [6, 6.07) is 5.54. The van der Waals surface area contributed by atoms with Gasteiger partial charge >= 0.3 is 12.0 Å². The average Bonchev–Trinajstić information content (AvgIpc) is 2.84. The number of benzene rings is 1. The largest absolute Gasteiger partial charge is 0.480 e. The molecular formula is C22H23Cl2N7O5. The molecule has 14 heteroatoms. The van der Waals surface area contributed by atoms with Gasteiger partial charge in [0, 0.05) is 37.7 Å². The van der Waals surface area contributed by atoms with Crippen LogP contribution in [0.4, 0.5) is 17.6 Å². The van der Waals surface area contributed by atoms with Gasteiger partial charge in [0.25, 0.3) is 5.91 Å². The van der Waals surface area contributed by atoms with Crippen molar-refractivity contribution in [1.82, 2.24) is 19.9 Å². The third kappa shape index (κ3) is 7.38. The molecule has 1 atom stereocenters. The van der Waals surface area contributed by atoms with Gasteiger partial charge < -0.3 is 30.9 Å². The normalized spacial score (nSPS) is 11.4. The molecule has 0 spiro atoms. The number of anilines is 3. The number of halogens is 2. The van der Waals surface area contributed by atoms with Gasteiger partial charge in [0.1, 0.15) is 6.04 Å². The van der Waals surface area contributed by atoms with E-state index in [1.807, 2.05) is 0 Å². The zero-order valence-electron chi connectivity index (χ0n) is 19.0. The zero-order valence-corrected chi connectivity index (χ0v) is 20.5. The second-order valence-corrected chi connectivity index (χ2v) is 8.16. The molecule has 2 heterocycles. The highest BCUT2D eigenvalue weighted by Crippen LogP contribution is 2.24. The Labute approximate surface area is 216 Å². The van der Waals surface area contributed by atoms with Crippen LogP contribution in [-0.4, -0.2) is 68.3 Å². The van der Waals surface area contributed by atoms with Gasteiger partial charge in [-0.15, -0.1) is 0 Å². The number of ether oxygens (including phenoxy) is 1. The van der Waals surface area contributed by atoms with Crippen LogP contribution >= 0.6 is 23.2 Å². The molecule has 3 aromatic rings. The first kappa shape index (κ1) is 26.9. The maximum absolute atomic E-state index is 12.5. The monoisotopic (exact) mass is 535 g/mol. The lowest BCUT2D eigenvalue weighted by Crippen LogP contribution is -2.32. The molecule has 0 bridgehead atoms. The van der Waals surface area contributed by atoms with Crippen molar-refractivity contribution in [1.29, 1.82) is 0 Å². The van der Waals surface area contributed by atoms with Crippen molar-refractivity contribution in [2.45, 2.75) is 18.9 Å². The van der Waals surface area contributed by atoms with Crippen molar-refractivity contribution in [3.63, 3.8) is 0 Å². The topological polar surface area (TPSA) is 171 Å². The predicted molar refractivity (Wildman–Crippen MR) is 134 cm³/mol. The fourth-order valence-electron chi connectivity index (χ4n) is 3.01. The minimum absolute atomic E-state index is 0.00219. The summed E-state index contributed by atoms with van der Waals surface area (Å²) in [6.45, 7) is 0.406. The number of pyridine rings is 1. The Kier molecular flexibility index (Phi) is 9.56. The lowest BCUT2D eigenvalue weighted by atomic mass is 10.1. The summed E-state index contributed by atoms with van der Waals surface area (Å²) in [5.41, 5.74) is 1.24. The van der Waals surface area contributed by atoms with Crippen molar-refractivity contribution in [3.05, 3.63) is 57.8 Å². The van der Waals surface area contributed by atoms with Crippen molar-refractivity contribution in [2.75, 3.05) is 36.2 Å². The Morgan fingerprint density at radius 1 is 1.06 bits per heavy atom. The van der Waals surface area contributed by atoms with Crippen molar-refractivity contribution in [2.24, 2.45) is 0 Å². The van der Waals surface area contributed by atoms with Gasteiger partial charge in [-0.2, -0.15) is 15.0 Å². The number of aliphatic hydroxyl groups is 1. The van der Waals surface area contributed by atoms with Gasteiger partial charge in [-0.3, -0.25) is 9.78 Å². The van der Waals surface area contributed by atoms with E-state index in [0.717, 1.165) is 0 Å². The molecular weight excluding hydrogens is 513 g/mol. The van der Waals surface area contributed by atoms with Gasteiger partial charge in [0.15, 0.2) is 0 Å². The number of carboxylic acid groups (broad SMARTS) is 1. The van der Waals surface area contributed by atoms with Crippen LogP contribution in [0.25, 0.3) is 0 Å². The molecule has 0 saturated heterocycles. The second-order valence-electron chi connectivity index (χ2n) is 7.34. The lowest BCUT2D eigenvalue weighted by molar-refractivity contribution is -0.137. The molecule has 12 nitrogen and oxygen atoms in total. The quantitative estimate of drug-likeness (QED) is 0.216. The summed E-state index contributed by atoms with van der Waals surface area (Å²) in [6.07, 6.45) is 3.21. The number of methoxy groups -OCH3 is 1. The number of aliphatic hydroxyl groups excluding tert-OH is 1. The van der Waals surface area contributed by atoms with Crippen LogP contribution in [0.15, 0.2) is 36.7 Å². The molecule has 36 heavy (non-hydrogen) atoms. The Morgan fingerprint density at radius 3 is 2.33 bits per heavy atom. The second kappa shape index (κ2) is 12.8. The van der Waals surface area contributed by atoms with E-state index in [4.69, 9.17) is 33.0 Å². The van der Waals surface area contributed by atoms with Gasteiger partial charge in [-0.1, -0.05) is 35.3 Å². The van der Waals surface area contributed by atoms with Crippen LogP contribution in [0.1, 0.15) is 22.3 Å². The minimum atomic E-state index is -1.12. The molecule has 2 aromatic heterocycles. The van der Waals surface area contributed by atoms with Crippen LogP contribution in [0.3, 0.4) is 0 Å². The number of nitrogens with one attached hydrogen (secondary N) is 3. The number of aliphatic carboxylic acids is 1. The van der Waals surface area contributed by atoms with Gasteiger partial charge in [-0.05, 0) is 24.1 Å². The van der Waals surface area contributed by atoms with E-state index in [1.54, 1.807) is 24.3 Å². The average molecular weight is 536 g/mol. The molecule has 0 unspecified atom stereocenters. The Balaban J connectivity index is 1.69. The highest BCUT2D eigenvalue weighted by atomic mass is 35.5. The summed E-state index contributed by atoms with van der Waals surface area (Å²) < 4.78 is 5.06. The third-order valence-corrected chi connectivity index (χ3v) is 5.32. The van der Waals surface area contributed by atoms with Crippen LogP contribution in [0.5, 0.6) is 6.01 Å². The number of carbonyl (C=O) groups excluding carboxylic acids is 1. The third-order valence-electron chi connectivity index (χ3n) is 4.75. The fourth-order valence-corrected chi connectivity index (χ4v) is 3.54. The highest BCUT2D eigenvalue weighted by Gasteiger charge is 2.21. The van der Waals surface area contributed by atoms with Gasteiger partial charge in [0.05, 0.1) is 22.7 Å². The molecule has 5 N–H and O–H groups in total. The van der Waals surface area contributed by atoms with Crippen LogP contribution in [-0.2, 0) is 11.2 Å². The standard InChI is InChI=1S/C22H23Cl2N7O5/c1-36-22-30-20(26-7-2-8-32)29-21(31-22)28-16(19(34)35)9-12-3-5-13(6-4-12)27-18(33)17-14(23)10-25-11-15(17)24/h3-6,10-11,16,32H,2,7-9H2,1H3,(H,27,33)(H,34,35)(H2,26,28,29,30,31)/t16-/m0/s1. The SMILES string of the molecule is COc1nc(NCCCO)nc(N[C@@H](Cc2ccc(NC(=O)c3c(Cl)cncc3Cl)cc2)C(=O)O)n1. The number of rotatable bonds is 12. The summed E-state index contributed by atoms with van der Waals surface area (Å²) >= 11 is 12.0. The van der Waals surface area contributed by atoms with E-state index < -0.39 is 17.9 Å². The fraction of sp³-hybridized carbons (Fsp3) is 0.273. The van der Waals surface area contributed by atoms with Gasteiger partial charge in [0.2, 0.25) is 11.9 Å². The van der Waals surface area contributed by atoms with E-state index in [2.05, 4.69) is 35.9 Å². The van der Waals surface area contributed by atoms with Crippen molar-refractivity contribution < 1.29 is 24.5 Å². The molecule has 0 aliphatic carbocycles. The molecule has 0 saturated carbocycles. The number of nitrogens with zero attached hydrogens (tertiary/aromatic N) is 4. The number of hydrogen-bond donors (Lipinski definition) is 5. The number of amides is 1. The molecule has 1 amide bonds. The molecule has 0 aliphatic heterocycles. The van der Waals surface area contributed by atoms with Gasteiger partial charge in [-0.25, -0.2) is 4.79 Å². The molecule has 1 aromatic carbocycles. The van der Waals surface area contributed by atoms with Crippen molar-refractivity contribution >= 4 is 52.7 Å². The molecule has 0 radical (unpaired) electrons. The first-order chi connectivity index (χ1) is 17.3. The number of aromatic nitrogens is 4. The van der Waals surface area contributed by atoms with Crippen LogP contribution in [0.2, 0.25) is 10.0 Å². The first-order valence-corrected chi connectivity index (χ1v) is 11.4. The lowest BCUT2D eigenvalue weighted by Gasteiger charge is -2.16. The maximum atomic E-state index is 12.5. The van der Waals surface area contributed by atoms with E-state index in [-0.39, 0.29) is 46.5 Å². The Hall–Kier alpha value is -3.74. The summed E-state index contributed by atoms with van der Waals surface area (Å²) in [4.78, 5) is 40.5. The van der Waals surface area contributed by atoms with E-state index in [9.17, 15) is 14.7 Å². The Bertz CT molecular complexity index is 1190. The highest BCUT2D eigenvalue weighted by molar-refractivity contribution is 6.40. The predicted octanol–water partition coefficient (Wildman–Crippen LogP) is 2.74. The van der Waals surface area contributed by atoms with Crippen LogP contribution in [0, 0.1) is 0 Å². The number of carboxylic acids is 1. The zero-order chi connectivity index (χ0) is 26.1. The minimum Gasteiger partial charge on any atom is -0.480 e. The summed E-state index contributed by atoms with van der Waals surface area (Å²) in [7, 11) is 1.38. The first-order valence-electron chi connectivity index (χ1n) is 10.6. The molecule has 0 aliphatic rings. The summed E-state index contributed by atoms with van der Waals surface area (Å²) in [5, 5.41) is 27.3. The maximum Gasteiger partial charge on any atom is 0.326 e. The molecule has 3 rings (SSSR count). The molecule has 0 fully saturated rings. The van der Waals surface area contributed by atoms with E-state index in [0.29, 0.717) is 24.2 Å². The smallest absolute Gasteiger partial charge is 0.326 e. The van der Waals surface area contributed by atoms with E-state index >= 15 is 0 Å². The van der Waals surface area contributed by atoms with Crippen LogP contribution < -0.4 is 20.7 Å². The Morgan fingerprint density at radius 2 is 1.72 bits per heavy atom.